The summed E-state index contributed by atoms with van der Waals surface area (Å²) in [4.78, 5) is 13.2. The fourth-order valence-corrected chi connectivity index (χ4v) is 4.54. The number of nitrogens with zero attached hydrogens (tertiary/aromatic N) is 6. The summed E-state index contributed by atoms with van der Waals surface area (Å²) in [5, 5.41) is 19.8. The lowest BCUT2D eigenvalue weighted by Crippen LogP contribution is -2.26. The van der Waals surface area contributed by atoms with E-state index in [1.165, 1.54) is 0 Å². The summed E-state index contributed by atoms with van der Waals surface area (Å²) in [6.07, 6.45) is 0. The molecule has 5 rings (SSSR count). The molecule has 0 bridgehead atoms. The average Bonchev–Trinajstić information content (AvgIpc) is 3.51. The van der Waals surface area contributed by atoms with Crippen LogP contribution in [-0.4, -0.2) is 40.7 Å². The molecule has 34 heavy (non-hydrogen) atoms. The number of hydrogen-bond donors (Lipinski definition) is 1. The maximum atomic E-state index is 13.2. The van der Waals surface area contributed by atoms with Crippen LogP contribution in [0.5, 0.6) is 0 Å². The van der Waals surface area contributed by atoms with Gasteiger partial charge in [0.1, 0.15) is 0 Å². The molecule has 170 valence electrons. The molecule has 9 heteroatoms. The standard InChI is InChI=1S/C25H23N7OS/c1-2-34-24-28-32(17-18-8-4-3-5-9-18)25(33)31(24)16-19-12-14-20(15-13-19)21-10-6-7-11-22(21)23-26-29-30-27-23/h3-15H,2,16-17H2,1H3,(H,26,27,29,30). The smallest absolute Gasteiger partial charge is 0.265 e. The van der Waals surface area contributed by atoms with Gasteiger partial charge in [0.05, 0.1) is 13.1 Å². The Hall–Kier alpha value is -3.98. The van der Waals surface area contributed by atoms with Crippen LogP contribution in [0, 0.1) is 0 Å². The summed E-state index contributed by atoms with van der Waals surface area (Å²) in [6, 6.07) is 26.1. The van der Waals surface area contributed by atoms with Gasteiger partial charge in [-0.05, 0) is 33.2 Å². The predicted octanol–water partition coefficient (Wildman–Crippen LogP) is 4.10. The van der Waals surface area contributed by atoms with Gasteiger partial charge in [-0.2, -0.15) is 5.21 Å². The number of aromatic nitrogens is 7. The Morgan fingerprint density at radius 3 is 2.26 bits per heavy atom. The van der Waals surface area contributed by atoms with Gasteiger partial charge in [0.25, 0.3) is 0 Å². The van der Waals surface area contributed by atoms with Crippen LogP contribution in [0.1, 0.15) is 18.1 Å². The molecule has 2 heterocycles. The summed E-state index contributed by atoms with van der Waals surface area (Å²) in [5.41, 5.74) is 4.94. The lowest BCUT2D eigenvalue weighted by Gasteiger charge is -2.09. The molecular weight excluding hydrogens is 446 g/mol. The maximum Gasteiger partial charge on any atom is 0.347 e. The molecule has 0 saturated heterocycles. The monoisotopic (exact) mass is 469 g/mol. The number of aromatic amines is 1. The molecule has 1 N–H and O–H groups in total. The fourth-order valence-electron chi connectivity index (χ4n) is 3.83. The molecule has 0 aliphatic heterocycles. The highest BCUT2D eigenvalue weighted by Crippen LogP contribution is 2.30. The van der Waals surface area contributed by atoms with Crippen molar-refractivity contribution in [3.63, 3.8) is 0 Å². The molecule has 0 aliphatic rings. The molecule has 5 aromatic rings. The second kappa shape index (κ2) is 9.88. The largest absolute Gasteiger partial charge is 0.347 e. The van der Waals surface area contributed by atoms with Crippen molar-refractivity contribution in [2.45, 2.75) is 25.2 Å². The van der Waals surface area contributed by atoms with Gasteiger partial charge in [-0.3, -0.25) is 4.57 Å². The van der Waals surface area contributed by atoms with Crippen LogP contribution in [0.15, 0.2) is 88.8 Å². The van der Waals surface area contributed by atoms with E-state index >= 15 is 0 Å². The van der Waals surface area contributed by atoms with Gasteiger partial charge < -0.3 is 0 Å². The molecule has 0 spiro atoms. The van der Waals surface area contributed by atoms with E-state index in [1.807, 2.05) is 66.7 Å². The number of benzene rings is 3. The number of thioether (sulfide) groups is 1. The fraction of sp³-hybridized carbons (Fsp3) is 0.160. The van der Waals surface area contributed by atoms with Gasteiger partial charge in [0.2, 0.25) is 5.82 Å². The van der Waals surface area contributed by atoms with Crippen molar-refractivity contribution in [1.29, 1.82) is 0 Å². The van der Waals surface area contributed by atoms with E-state index in [0.717, 1.165) is 38.7 Å². The van der Waals surface area contributed by atoms with Crippen LogP contribution in [0.2, 0.25) is 0 Å². The zero-order valence-electron chi connectivity index (χ0n) is 18.6. The van der Waals surface area contributed by atoms with Gasteiger partial charge in [0, 0.05) is 5.56 Å². The van der Waals surface area contributed by atoms with Crippen molar-refractivity contribution in [2.24, 2.45) is 0 Å². The summed E-state index contributed by atoms with van der Waals surface area (Å²) in [5.74, 6) is 1.39. The minimum Gasteiger partial charge on any atom is -0.265 e. The van der Waals surface area contributed by atoms with E-state index in [9.17, 15) is 4.79 Å². The molecule has 0 fully saturated rings. The van der Waals surface area contributed by atoms with Crippen molar-refractivity contribution in [2.75, 3.05) is 5.75 Å². The summed E-state index contributed by atoms with van der Waals surface area (Å²) in [6.45, 7) is 2.98. The Balaban J connectivity index is 1.42. The third-order valence-corrected chi connectivity index (χ3v) is 6.31. The van der Waals surface area contributed by atoms with Crippen molar-refractivity contribution >= 4 is 11.8 Å². The second-order valence-electron chi connectivity index (χ2n) is 7.71. The number of hydrogen-bond acceptors (Lipinski definition) is 6. The zero-order chi connectivity index (χ0) is 23.3. The number of rotatable bonds is 8. The number of H-pyrrole nitrogens is 1. The summed E-state index contributed by atoms with van der Waals surface area (Å²) < 4.78 is 3.29. The van der Waals surface area contributed by atoms with Crippen LogP contribution in [0.3, 0.4) is 0 Å². The number of nitrogens with one attached hydrogen (secondary N) is 1. The van der Waals surface area contributed by atoms with E-state index in [4.69, 9.17) is 0 Å². The van der Waals surface area contributed by atoms with Crippen molar-refractivity contribution < 1.29 is 0 Å². The highest BCUT2D eigenvalue weighted by Gasteiger charge is 2.15. The van der Waals surface area contributed by atoms with Crippen molar-refractivity contribution in [3.8, 4) is 22.5 Å². The molecule has 0 radical (unpaired) electrons. The molecule has 0 amide bonds. The summed E-state index contributed by atoms with van der Waals surface area (Å²) in [7, 11) is 0. The third kappa shape index (κ3) is 4.55. The first kappa shape index (κ1) is 21.8. The summed E-state index contributed by atoms with van der Waals surface area (Å²) >= 11 is 1.58. The molecular formula is C25H23N7OS. The van der Waals surface area contributed by atoms with Crippen molar-refractivity contribution in [1.82, 2.24) is 35.0 Å². The third-order valence-electron chi connectivity index (χ3n) is 5.46. The Morgan fingerprint density at radius 2 is 1.56 bits per heavy atom. The van der Waals surface area contributed by atoms with Crippen molar-refractivity contribution in [3.05, 3.63) is 100 Å². The minimum absolute atomic E-state index is 0.105. The van der Waals surface area contributed by atoms with Gasteiger partial charge in [0.15, 0.2) is 5.16 Å². The zero-order valence-corrected chi connectivity index (χ0v) is 19.4. The lowest BCUT2D eigenvalue weighted by atomic mass is 9.98. The normalized spacial score (nSPS) is 11.1. The predicted molar refractivity (Wildman–Crippen MR) is 133 cm³/mol. The molecule has 8 nitrogen and oxygen atoms in total. The molecule has 0 unspecified atom stereocenters. The van der Waals surface area contributed by atoms with Gasteiger partial charge >= 0.3 is 5.69 Å². The Morgan fingerprint density at radius 1 is 0.853 bits per heavy atom. The quantitative estimate of drug-likeness (QED) is 0.344. The van der Waals surface area contributed by atoms with Crippen LogP contribution < -0.4 is 5.69 Å². The van der Waals surface area contributed by atoms with Gasteiger partial charge in [-0.25, -0.2) is 9.48 Å². The highest BCUT2D eigenvalue weighted by atomic mass is 32.2. The Bertz CT molecular complexity index is 1420. The highest BCUT2D eigenvalue weighted by molar-refractivity contribution is 7.99. The van der Waals surface area contributed by atoms with Crippen LogP contribution in [-0.2, 0) is 13.1 Å². The lowest BCUT2D eigenvalue weighted by molar-refractivity contribution is 0.637. The second-order valence-corrected chi connectivity index (χ2v) is 8.94. The SMILES string of the molecule is CCSc1nn(Cc2ccccc2)c(=O)n1Cc1ccc(-c2ccccc2-c2nn[nH]n2)cc1. The molecule has 0 aliphatic carbocycles. The first-order chi connectivity index (χ1) is 16.7. The first-order valence-electron chi connectivity index (χ1n) is 11.0. The molecule has 0 saturated carbocycles. The van der Waals surface area contributed by atoms with Crippen LogP contribution in [0.25, 0.3) is 22.5 Å². The van der Waals surface area contributed by atoms with E-state index in [0.29, 0.717) is 18.9 Å². The first-order valence-corrected chi connectivity index (χ1v) is 12.0. The topological polar surface area (TPSA) is 94.3 Å². The van der Waals surface area contributed by atoms with E-state index in [1.54, 1.807) is 21.0 Å². The maximum absolute atomic E-state index is 13.2. The van der Waals surface area contributed by atoms with Gasteiger partial charge in [-0.1, -0.05) is 97.5 Å². The minimum atomic E-state index is -0.105. The molecule has 3 aromatic carbocycles. The van der Waals surface area contributed by atoms with E-state index in [-0.39, 0.29) is 5.69 Å². The van der Waals surface area contributed by atoms with Gasteiger partial charge in [-0.15, -0.1) is 15.3 Å². The van der Waals surface area contributed by atoms with E-state index < -0.39 is 0 Å². The van der Waals surface area contributed by atoms with Crippen LogP contribution in [0.4, 0.5) is 0 Å². The van der Waals surface area contributed by atoms with E-state index in [2.05, 4.69) is 44.8 Å². The number of tetrazole rings is 1. The Kier molecular flexibility index (Phi) is 6.35. The molecule has 2 aromatic heterocycles. The molecule has 0 atom stereocenters. The Labute approximate surface area is 200 Å². The van der Waals surface area contributed by atoms with Crippen LogP contribution >= 0.6 is 11.8 Å². The average molecular weight is 470 g/mol.